The molecule has 1 heterocycles. The number of aryl methyl sites for hydroxylation is 1. The summed E-state index contributed by atoms with van der Waals surface area (Å²) in [7, 11) is 1.52. The van der Waals surface area contributed by atoms with Crippen molar-refractivity contribution in [2.45, 2.75) is 13.1 Å². The average Bonchev–Trinajstić information content (AvgIpc) is 2.80. The molecule has 0 atom stereocenters. The molecule has 0 bridgehead atoms. The summed E-state index contributed by atoms with van der Waals surface area (Å²) in [4.78, 5) is 17.0. The second kappa shape index (κ2) is 5.24. The van der Waals surface area contributed by atoms with E-state index in [9.17, 15) is 18.0 Å². The number of alkyl halides is 3. The molecule has 1 aromatic carbocycles. The fourth-order valence-electron chi connectivity index (χ4n) is 1.64. The third-order valence-electron chi connectivity index (χ3n) is 2.68. The number of para-hydroxylation sites is 1. The molecule has 1 aromatic heterocycles. The molecule has 20 heavy (non-hydrogen) atoms. The average molecular weight is 300 g/mol. The van der Waals surface area contributed by atoms with Crippen molar-refractivity contribution in [1.29, 1.82) is 0 Å². The Morgan fingerprint density at radius 2 is 1.85 bits per heavy atom. The number of nitrogens with zero attached hydrogens (tertiary/aromatic N) is 2. The van der Waals surface area contributed by atoms with Gasteiger partial charge in [-0.1, -0.05) is 18.2 Å². The highest BCUT2D eigenvalue weighted by molar-refractivity contribution is 7.14. The van der Waals surface area contributed by atoms with Crippen LogP contribution in [0.2, 0.25) is 0 Å². The first-order valence-electron chi connectivity index (χ1n) is 5.68. The molecule has 2 rings (SSSR count). The summed E-state index contributed by atoms with van der Waals surface area (Å²) in [5.74, 6) is -0.498. The first-order chi connectivity index (χ1) is 9.30. The normalized spacial score (nSPS) is 11.4. The second-order valence-electron chi connectivity index (χ2n) is 4.13. The predicted molar refractivity (Wildman–Crippen MR) is 71.0 cm³/mol. The fraction of sp³-hybridized carbons (Fsp3) is 0.231. The van der Waals surface area contributed by atoms with Crippen molar-refractivity contribution in [3.63, 3.8) is 0 Å². The van der Waals surface area contributed by atoms with Crippen molar-refractivity contribution in [3.05, 3.63) is 45.9 Å². The van der Waals surface area contributed by atoms with Crippen LogP contribution in [0.3, 0.4) is 0 Å². The van der Waals surface area contributed by atoms with Crippen molar-refractivity contribution in [3.8, 4) is 0 Å². The zero-order valence-electron chi connectivity index (χ0n) is 10.7. The number of halogens is 3. The molecule has 0 saturated carbocycles. The molecule has 0 fully saturated rings. The van der Waals surface area contributed by atoms with Crippen LogP contribution in [-0.4, -0.2) is 17.9 Å². The number of thiazole rings is 1. The van der Waals surface area contributed by atoms with Crippen LogP contribution in [0.4, 0.5) is 18.9 Å². The van der Waals surface area contributed by atoms with Crippen LogP contribution in [0.5, 0.6) is 0 Å². The highest BCUT2D eigenvalue weighted by atomic mass is 32.1. The van der Waals surface area contributed by atoms with E-state index in [4.69, 9.17) is 0 Å². The summed E-state index contributed by atoms with van der Waals surface area (Å²) in [5, 5.41) is -1.00. The maximum atomic E-state index is 12.6. The minimum Gasteiger partial charge on any atom is -0.311 e. The Morgan fingerprint density at radius 1 is 1.25 bits per heavy atom. The van der Waals surface area contributed by atoms with E-state index in [1.165, 1.54) is 18.9 Å². The zero-order chi connectivity index (χ0) is 14.9. The molecule has 0 aliphatic heterocycles. The van der Waals surface area contributed by atoms with E-state index >= 15 is 0 Å². The van der Waals surface area contributed by atoms with E-state index in [-0.39, 0.29) is 10.6 Å². The van der Waals surface area contributed by atoms with Crippen molar-refractivity contribution in [1.82, 2.24) is 4.98 Å². The van der Waals surface area contributed by atoms with Crippen LogP contribution >= 0.6 is 11.3 Å². The molecule has 0 radical (unpaired) electrons. The van der Waals surface area contributed by atoms with E-state index in [0.717, 1.165) is 0 Å². The maximum Gasteiger partial charge on any atom is 0.443 e. The largest absolute Gasteiger partial charge is 0.443 e. The van der Waals surface area contributed by atoms with Gasteiger partial charge in [0.1, 0.15) is 4.88 Å². The molecule has 3 nitrogen and oxygen atoms in total. The Hall–Kier alpha value is -1.89. The Bertz CT molecular complexity index is 622. The van der Waals surface area contributed by atoms with Crippen LogP contribution in [-0.2, 0) is 6.18 Å². The monoisotopic (exact) mass is 300 g/mol. The number of anilines is 1. The summed E-state index contributed by atoms with van der Waals surface area (Å²) < 4.78 is 37.8. The number of benzene rings is 1. The Balaban J connectivity index is 2.32. The van der Waals surface area contributed by atoms with Gasteiger partial charge in [-0.05, 0) is 19.1 Å². The highest BCUT2D eigenvalue weighted by Gasteiger charge is 2.36. The van der Waals surface area contributed by atoms with Gasteiger partial charge in [-0.2, -0.15) is 13.2 Å². The number of carbonyl (C=O) groups is 1. The highest BCUT2D eigenvalue weighted by Crippen LogP contribution is 2.34. The molecule has 0 N–H and O–H groups in total. The minimum atomic E-state index is -4.53. The van der Waals surface area contributed by atoms with Gasteiger partial charge in [0.25, 0.3) is 5.91 Å². The number of amides is 1. The van der Waals surface area contributed by atoms with Crippen LogP contribution in [0, 0.1) is 6.92 Å². The number of hydrogen-bond donors (Lipinski definition) is 0. The molecule has 0 aliphatic rings. The number of rotatable bonds is 2. The Kier molecular flexibility index (Phi) is 3.80. The van der Waals surface area contributed by atoms with E-state index in [0.29, 0.717) is 17.0 Å². The lowest BCUT2D eigenvalue weighted by atomic mass is 10.3. The maximum absolute atomic E-state index is 12.6. The van der Waals surface area contributed by atoms with Crippen molar-refractivity contribution in [2.24, 2.45) is 0 Å². The summed E-state index contributed by atoms with van der Waals surface area (Å²) >= 11 is 0.370. The van der Waals surface area contributed by atoms with Gasteiger partial charge in [0, 0.05) is 12.7 Å². The van der Waals surface area contributed by atoms with Crippen LogP contribution in [0.1, 0.15) is 20.4 Å². The zero-order valence-corrected chi connectivity index (χ0v) is 11.5. The SMILES string of the molecule is Cc1nc(C(F)(F)F)sc1C(=O)N(C)c1ccccc1. The summed E-state index contributed by atoms with van der Waals surface area (Å²) in [6.07, 6.45) is -4.53. The minimum absolute atomic E-state index is 0.00341. The van der Waals surface area contributed by atoms with Crippen molar-refractivity contribution in [2.75, 3.05) is 11.9 Å². The van der Waals surface area contributed by atoms with Crippen molar-refractivity contribution >= 4 is 22.9 Å². The summed E-state index contributed by atoms with van der Waals surface area (Å²) in [6, 6.07) is 8.71. The van der Waals surface area contributed by atoms with Gasteiger partial charge in [-0.15, -0.1) is 11.3 Å². The van der Waals surface area contributed by atoms with Gasteiger partial charge in [0.2, 0.25) is 0 Å². The molecule has 0 aliphatic carbocycles. The van der Waals surface area contributed by atoms with Gasteiger partial charge >= 0.3 is 6.18 Å². The molecule has 0 saturated heterocycles. The third kappa shape index (κ3) is 2.82. The Morgan fingerprint density at radius 3 is 2.35 bits per heavy atom. The quantitative estimate of drug-likeness (QED) is 0.846. The molecular weight excluding hydrogens is 289 g/mol. The lowest BCUT2D eigenvalue weighted by Gasteiger charge is -2.16. The van der Waals surface area contributed by atoms with E-state index in [1.807, 2.05) is 0 Å². The van der Waals surface area contributed by atoms with Crippen molar-refractivity contribution < 1.29 is 18.0 Å². The van der Waals surface area contributed by atoms with Crippen LogP contribution in [0.25, 0.3) is 0 Å². The number of carbonyl (C=O) groups excluding carboxylic acids is 1. The lowest BCUT2D eigenvalue weighted by molar-refractivity contribution is -0.137. The molecule has 2 aromatic rings. The van der Waals surface area contributed by atoms with Gasteiger partial charge < -0.3 is 4.90 Å². The molecule has 1 amide bonds. The molecule has 0 spiro atoms. The first kappa shape index (κ1) is 14.5. The van der Waals surface area contributed by atoms with Gasteiger partial charge in [-0.25, -0.2) is 4.98 Å². The molecule has 106 valence electrons. The summed E-state index contributed by atoms with van der Waals surface area (Å²) in [5.41, 5.74) is 0.703. The van der Waals surface area contributed by atoms with E-state index in [2.05, 4.69) is 4.98 Å². The van der Waals surface area contributed by atoms with E-state index < -0.39 is 17.1 Å². The fourth-order valence-corrected chi connectivity index (χ4v) is 2.55. The topological polar surface area (TPSA) is 33.2 Å². The van der Waals surface area contributed by atoms with Gasteiger partial charge in [0.05, 0.1) is 5.69 Å². The van der Waals surface area contributed by atoms with E-state index in [1.54, 1.807) is 30.3 Å². The van der Waals surface area contributed by atoms with Crippen LogP contribution < -0.4 is 4.90 Å². The lowest BCUT2D eigenvalue weighted by Crippen LogP contribution is -2.25. The summed E-state index contributed by atoms with van der Waals surface area (Å²) in [6.45, 7) is 1.40. The molecular formula is C13H11F3N2OS. The number of hydrogen-bond acceptors (Lipinski definition) is 3. The first-order valence-corrected chi connectivity index (χ1v) is 6.50. The predicted octanol–water partition coefficient (Wildman–Crippen LogP) is 3.75. The smallest absolute Gasteiger partial charge is 0.311 e. The van der Waals surface area contributed by atoms with Gasteiger partial charge in [-0.3, -0.25) is 4.79 Å². The van der Waals surface area contributed by atoms with Gasteiger partial charge in [0.15, 0.2) is 5.01 Å². The molecule has 0 unspecified atom stereocenters. The Labute approximate surface area is 117 Å². The third-order valence-corrected chi connectivity index (χ3v) is 3.87. The number of aromatic nitrogens is 1. The molecule has 7 heteroatoms. The standard InChI is InChI=1S/C13H11F3N2OS/c1-8-10(20-12(17-8)13(14,15)16)11(19)18(2)9-6-4-3-5-7-9/h3-7H,1-2H3. The second-order valence-corrected chi connectivity index (χ2v) is 5.13. The van der Waals surface area contributed by atoms with Crippen LogP contribution in [0.15, 0.2) is 30.3 Å².